The third-order valence-electron chi connectivity index (χ3n) is 3.04. The number of ether oxygens (including phenoxy) is 1. The van der Waals surface area contributed by atoms with E-state index in [0.717, 1.165) is 24.4 Å². The van der Waals surface area contributed by atoms with Crippen molar-refractivity contribution in [3.05, 3.63) is 47.2 Å². The molecule has 0 saturated carbocycles. The van der Waals surface area contributed by atoms with Gasteiger partial charge >= 0.3 is 0 Å². The maximum Gasteiger partial charge on any atom is 0.110 e. The van der Waals surface area contributed by atoms with E-state index in [1.165, 1.54) is 5.56 Å². The minimum Gasteiger partial charge on any atom is -0.497 e. The average Bonchev–Trinajstić information content (AvgIpc) is 2.38. The maximum atomic E-state index is 5.87. The first kappa shape index (κ1) is 12.5. The smallest absolute Gasteiger partial charge is 0.110 e. The standard InChI is InChI=1S/C14H18ClNO/c1-11(12-5-7-13(15)8-6-12)16-10-14-4-2-3-9-17-14/h3,5-9,11,14,16H,2,4,10H2,1H3. The molecule has 1 aromatic rings. The van der Waals surface area contributed by atoms with Crippen molar-refractivity contribution in [2.45, 2.75) is 31.9 Å². The number of benzene rings is 1. The molecule has 0 spiro atoms. The van der Waals surface area contributed by atoms with Gasteiger partial charge in [0.1, 0.15) is 6.10 Å². The van der Waals surface area contributed by atoms with Crippen molar-refractivity contribution in [2.24, 2.45) is 0 Å². The van der Waals surface area contributed by atoms with Crippen LogP contribution in [0.15, 0.2) is 36.6 Å². The summed E-state index contributed by atoms with van der Waals surface area (Å²) in [7, 11) is 0. The molecule has 1 aliphatic rings. The van der Waals surface area contributed by atoms with Crippen LogP contribution in [0.3, 0.4) is 0 Å². The minimum atomic E-state index is 0.301. The summed E-state index contributed by atoms with van der Waals surface area (Å²) >= 11 is 5.87. The zero-order valence-corrected chi connectivity index (χ0v) is 10.8. The summed E-state index contributed by atoms with van der Waals surface area (Å²) in [5, 5.41) is 4.27. The lowest BCUT2D eigenvalue weighted by Gasteiger charge is -2.22. The Balaban J connectivity index is 1.82. The highest BCUT2D eigenvalue weighted by Gasteiger charge is 2.12. The number of rotatable bonds is 4. The van der Waals surface area contributed by atoms with E-state index in [9.17, 15) is 0 Å². The molecule has 1 heterocycles. The first-order valence-corrected chi connectivity index (χ1v) is 6.43. The Bertz CT molecular complexity index is 374. The van der Waals surface area contributed by atoms with E-state index in [4.69, 9.17) is 16.3 Å². The third-order valence-corrected chi connectivity index (χ3v) is 3.30. The highest BCUT2D eigenvalue weighted by atomic mass is 35.5. The van der Waals surface area contributed by atoms with Crippen LogP contribution in [0.2, 0.25) is 5.02 Å². The second-order valence-corrected chi connectivity index (χ2v) is 4.83. The largest absolute Gasteiger partial charge is 0.497 e. The molecule has 1 N–H and O–H groups in total. The molecule has 3 heteroatoms. The van der Waals surface area contributed by atoms with Crippen LogP contribution < -0.4 is 5.32 Å². The topological polar surface area (TPSA) is 21.3 Å². The molecule has 0 saturated heterocycles. The number of hydrogen-bond acceptors (Lipinski definition) is 2. The first-order valence-electron chi connectivity index (χ1n) is 6.05. The Morgan fingerprint density at radius 1 is 1.41 bits per heavy atom. The second kappa shape index (κ2) is 6.08. The summed E-state index contributed by atoms with van der Waals surface area (Å²) in [5.41, 5.74) is 1.25. The van der Waals surface area contributed by atoms with E-state index >= 15 is 0 Å². The third kappa shape index (κ3) is 3.76. The zero-order valence-electron chi connectivity index (χ0n) is 10.0. The zero-order chi connectivity index (χ0) is 12.1. The van der Waals surface area contributed by atoms with Gasteiger partial charge < -0.3 is 10.1 Å². The highest BCUT2D eigenvalue weighted by molar-refractivity contribution is 6.30. The summed E-state index contributed by atoms with van der Waals surface area (Å²) in [4.78, 5) is 0. The molecule has 0 aliphatic carbocycles. The van der Waals surface area contributed by atoms with Crippen LogP contribution >= 0.6 is 11.6 Å². The van der Waals surface area contributed by atoms with Gasteiger partial charge in [0.15, 0.2) is 0 Å². The van der Waals surface area contributed by atoms with Crippen LogP contribution in [0, 0.1) is 0 Å². The molecule has 2 nitrogen and oxygen atoms in total. The van der Waals surface area contributed by atoms with Crippen LogP contribution in [0.4, 0.5) is 0 Å². The number of allylic oxidation sites excluding steroid dienone is 1. The van der Waals surface area contributed by atoms with E-state index in [-0.39, 0.29) is 0 Å². The Kier molecular flexibility index (Phi) is 4.46. The lowest BCUT2D eigenvalue weighted by atomic mass is 10.1. The van der Waals surface area contributed by atoms with E-state index in [0.29, 0.717) is 12.1 Å². The molecule has 1 aliphatic heterocycles. The molecular formula is C14H18ClNO. The Morgan fingerprint density at radius 2 is 2.18 bits per heavy atom. The van der Waals surface area contributed by atoms with E-state index in [2.05, 4.69) is 30.4 Å². The molecule has 0 amide bonds. The van der Waals surface area contributed by atoms with Gasteiger partial charge in [0.2, 0.25) is 0 Å². The van der Waals surface area contributed by atoms with Crippen LogP contribution in [0.25, 0.3) is 0 Å². The van der Waals surface area contributed by atoms with Crippen molar-refractivity contribution in [3.8, 4) is 0 Å². The van der Waals surface area contributed by atoms with Crippen LogP contribution in [-0.4, -0.2) is 12.6 Å². The Hall–Kier alpha value is -0.990. The predicted octanol–water partition coefficient (Wildman–Crippen LogP) is 3.68. The summed E-state index contributed by atoms with van der Waals surface area (Å²) < 4.78 is 5.52. The molecule has 0 bridgehead atoms. The van der Waals surface area contributed by atoms with E-state index in [1.54, 1.807) is 0 Å². The summed E-state index contributed by atoms with van der Waals surface area (Å²) in [6.07, 6.45) is 6.38. The fourth-order valence-corrected chi connectivity index (χ4v) is 2.04. The van der Waals surface area contributed by atoms with E-state index in [1.807, 2.05) is 18.4 Å². The van der Waals surface area contributed by atoms with Crippen molar-refractivity contribution >= 4 is 11.6 Å². The molecule has 1 aromatic carbocycles. The summed E-state index contributed by atoms with van der Waals surface area (Å²) in [5.74, 6) is 0. The monoisotopic (exact) mass is 251 g/mol. The van der Waals surface area contributed by atoms with Gasteiger partial charge in [0, 0.05) is 17.6 Å². The quantitative estimate of drug-likeness (QED) is 0.881. The Labute approximate surface area is 108 Å². The molecule has 2 atom stereocenters. The highest BCUT2D eigenvalue weighted by Crippen LogP contribution is 2.17. The lowest BCUT2D eigenvalue weighted by Crippen LogP contribution is -2.31. The Morgan fingerprint density at radius 3 is 2.82 bits per heavy atom. The van der Waals surface area contributed by atoms with Gasteiger partial charge in [-0.3, -0.25) is 0 Å². The number of hydrogen-bond donors (Lipinski definition) is 1. The van der Waals surface area contributed by atoms with Gasteiger partial charge in [0.05, 0.1) is 6.26 Å². The molecule has 0 radical (unpaired) electrons. The van der Waals surface area contributed by atoms with Crippen molar-refractivity contribution in [1.29, 1.82) is 0 Å². The number of nitrogens with one attached hydrogen (secondary N) is 1. The van der Waals surface area contributed by atoms with Gasteiger partial charge in [-0.25, -0.2) is 0 Å². The minimum absolute atomic E-state index is 0.301. The van der Waals surface area contributed by atoms with Crippen LogP contribution in [0.1, 0.15) is 31.4 Å². The van der Waals surface area contributed by atoms with Gasteiger partial charge in [-0.2, -0.15) is 0 Å². The van der Waals surface area contributed by atoms with Gasteiger partial charge in [-0.15, -0.1) is 0 Å². The molecular weight excluding hydrogens is 234 g/mol. The lowest BCUT2D eigenvalue weighted by molar-refractivity contribution is 0.120. The molecule has 2 unspecified atom stereocenters. The van der Waals surface area contributed by atoms with Crippen molar-refractivity contribution in [2.75, 3.05) is 6.54 Å². The van der Waals surface area contributed by atoms with E-state index < -0.39 is 0 Å². The van der Waals surface area contributed by atoms with Crippen LogP contribution in [-0.2, 0) is 4.74 Å². The van der Waals surface area contributed by atoms with Crippen LogP contribution in [0.5, 0.6) is 0 Å². The molecule has 2 rings (SSSR count). The van der Waals surface area contributed by atoms with Gasteiger partial charge in [0.25, 0.3) is 0 Å². The fourth-order valence-electron chi connectivity index (χ4n) is 1.91. The average molecular weight is 252 g/mol. The molecule has 17 heavy (non-hydrogen) atoms. The normalized spacial score (nSPS) is 20.9. The predicted molar refractivity (Wildman–Crippen MR) is 71.1 cm³/mol. The maximum absolute atomic E-state index is 5.87. The van der Waals surface area contributed by atoms with Crippen molar-refractivity contribution < 1.29 is 4.74 Å². The van der Waals surface area contributed by atoms with Gasteiger partial charge in [-0.1, -0.05) is 23.7 Å². The summed E-state index contributed by atoms with van der Waals surface area (Å²) in [6.45, 7) is 3.04. The summed E-state index contributed by atoms with van der Waals surface area (Å²) in [6, 6.07) is 8.29. The van der Waals surface area contributed by atoms with Crippen molar-refractivity contribution in [3.63, 3.8) is 0 Å². The van der Waals surface area contributed by atoms with Crippen molar-refractivity contribution in [1.82, 2.24) is 5.32 Å². The molecule has 0 aromatic heterocycles. The molecule has 0 fully saturated rings. The first-order chi connectivity index (χ1) is 8.25. The van der Waals surface area contributed by atoms with Gasteiger partial charge in [-0.05, 0) is 43.5 Å². The fraction of sp³-hybridized carbons (Fsp3) is 0.429. The second-order valence-electron chi connectivity index (χ2n) is 4.39. The SMILES string of the molecule is CC(NCC1CCC=CO1)c1ccc(Cl)cc1. The molecule has 92 valence electrons. The number of halogens is 1.